The first-order valence-corrected chi connectivity index (χ1v) is 8.96. The molecule has 2 aromatic rings. The highest BCUT2D eigenvalue weighted by Crippen LogP contribution is 2.36. The lowest BCUT2D eigenvalue weighted by atomic mass is 10.0. The van der Waals surface area contributed by atoms with E-state index >= 15 is 0 Å². The molecule has 0 saturated heterocycles. The van der Waals surface area contributed by atoms with Crippen LogP contribution < -0.4 is 11.1 Å². The van der Waals surface area contributed by atoms with E-state index in [0.29, 0.717) is 30.4 Å². The Kier molecular flexibility index (Phi) is 6.30. The van der Waals surface area contributed by atoms with E-state index in [2.05, 4.69) is 55.3 Å². The van der Waals surface area contributed by atoms with Gasteiger partial charge in [-0.15, -0.1) is 11.3 Å². The van der Waals surface area contributed by atoms with Gasteiger partial charge in [0.15, 0.2) is 5.13 Å². The molecule has 1 amide bonds. The number of thiazole rings is 1. The summed E-state index contributed by atoms with van der Waals surface area (Å²) in [6.45, 7) is 6.97. The predicted molar refractivity (Wildman–Crippen MR) is 97.9 cm³/mol. The third kappa shape index (κ3) is 4.62. The van der Waals surface area contributed by atoms with Gasteiger partial charge in [-0.2, -0.15) is 0 Å². The number of anilines is 1. The summed E-state index contributed by atoms with van der Waals surface area (Å²) in [4.78, 5) is 17.7. The minimum Gasteiger partial charge on any atom is -0.330 e. The Morgan fingerprint density at radius 1 is 1.30 bits per heavy atom. The Balaban J connectivity index is 2.25. The van der Waals surface area contributed by atoms with Crippen molar-refractivity contribution in [3.63, 3.8) is 0 Å². The average molecular weight is 331 g/mol. The van der Waals surface area contributed by atoms with Crippen LogP contribution in [0.25, 0.3) is 11.3 Å². The second kappa shape index (κ2) is 8.22. The SMILES string of the molecule is CCc1ccc(-c2nc(NC(=O)CCCN)sc2C(C)C)cc1. The highest BCUT2D eigenvalue weighted by Gasteiger charge is 2.17. The lowest BCUT2D eigenvalue weighted by Crippen LogP contribution is -2.13. The number of hydrogen-bond acceptors (Lipinski definition) is 4. The number of carbonyl (C=O) groups is 1. The molecule has 0 radical (unpaired) electrons. The van der Waals surface area contributed by atoms with E-state index in [-0.39, 0.29) is 5.91 Å². The van der Waals surface area contributed by atoms with Crippen LogP contribution in [0, 0.1) is 0 Å². The fourth-order valence-corrected chi connectivity index (χ4v) is 3.33. The molecular weight excluding hydrogens is 306 g/mol. The zero-order chi connectivity index (χ0) is 16.8. The van der Waals surface area contributed by atoms with E-state index in [4.69, 9.17) is 5.73 Å². The van der Waals surface area contributed by atoms with Crippen LogP contribution in [-0.4, -0.2) is 17.4 Å². The van der Waals surface area contributed by atoms with E-state index in [9.17, 15) is 4.79 Å². The van der Waals surface area contributed by atoms with Gasteiger partial charge in [0.1, 0.15) is 0 Å². The predicted octanol–water partition coefficient (Wildman–Crippen LogP) is 4.17. The molecule has 1 aromatic heterocycles. The molecule has 0 bridgehead atoms. The van der Waals surface area contributed by atoms with Crippen molar-refractivity contribution in [1.82, 2.24) is 4.98 Å². The number of nitrogens with zero attached hydrogens (tertiary/aromatic N) is 1. The zero-order valence-electron chi connectivity index (χ0n) is 14.1. The maximum absolute atomic E-state index is 11.9. The first-order chi connectivity index (χ1) is 11.0. The van der Waals surface area contributed by atoms with Crippen molar-refractivity contribution in [1.29, 1.82) is 0 Å². The van der Waals surface area contributed by atoms with E-state index in [1.54, 1.807) is 11.3 Å². The molecule has 0 aliphatic heterocycles. The summed E-state index contributed by atoms with van der Waals surface area (Å²) in [5, 5.41) is 3.57. The molecule has 0 aliphatic carbocycles. The summed E-state index contributed by atoms with van der Waals surface area (Å²) in [7, 11) is 0. The van der Waals surface area contributed by atoms with Gasteiger partial charge in [0, 0.05) is 16.9 Å². The number of aromatic nitrogens is 1. The molecule has 0 spiro atoms. The third-order valence-corrected chi connectivity index (χ3v) is 4.94. The molecule has 1 heterocycles. The lowest BCUT2D eigenvalue weighted by molar-refractivity contribution is -0.116. The smallest absolute Gasteiger partial charge is 0.226 e. The van der Waals surface area contributed by atoms with Crippen molar-refractivity contribution in [2.45, 2.75) is 46.0 Å². The molecule has 2 rings (SSSR count). The minimum absolute atomic E-state index is 0.0209. The lowest BCUT2D eigenvalue weighted by Gasteiger charge is -2.05. The number of nitrogens with two attached hydrogens (primary N) is 1. The summed E-state index contributed by atoms with van der Waals surface area (Å²) in [6, 6.07) is 8.50. The Bertz CT molecular complexity index is 647. The topological polar surface area (TPSA) is 68.0 Å². The van der Waals surface area contributed by atoms with E-state index in [0.717, 1.165) is 17.7 Å². The Labute approximate surface area is 142 Å². The monoisotopic (exact) mass is 331 g/mol. The third-order valence-electron chi connectivity index (χ3n) is 3.67. The number of amides is 1. The molecule has 0 fully saturated rings. The fraction of sp³-hybridized carbons (Fsp3) is 0.444. The zero-order valence-corrected chi connectivity index (χ0v) is 14.9. The molecule has 1 aromatic carbocycles. The Morgan fingerprint density at radius 2 is 2.00 bits per heavy atom. The van der Waals surface area contributed by atoms with Crippen LogP contribution in [0.2, 0.25) is 0 Å². The number of carbonyl (C=O) groups excluding carboxylic acids is 1. The van der Waals surface area contributed by atoms with E-state index < -0.39 is 0 Å². The second-order valence-electron chi connectivity index (χ2n) is 5.88. The van der Waals surface area contributed by atoms with Gasteiger partial charge in [0.05, 0.1) is 5.69 Å². The summed E-state index contributed by atoms with van der Waals surface area (Å²) >= 11 is 1.56. The largest absolute Gasteiger partial charge is 0.330 e. The molecule has 4 nitrogen and oxygen atoms in total. The van der Waals surface area contributed by atoms with Gasteiger partial charge in [-0.25, -0.2) is 4.98 Å². The van der Waals surface area contributed by atoms with Crippen LogP contribution in [-0.2, 0) is 11.2 Å². The molecule has 5 heteroatoms. The summed E-state index contributed by atoms with van der Waals surface area (Å²) < 4.78 is 0. The van der Waals surface area contributed by atoms with Crippen LogP contribution in [0.15, 0.2) is 24.3 Å². The van der Waals surface area contributed by atoms with Crippen LogP contribution in [0.1, 0.15) is 50.0 Å². The fourth-order valence-electron chi connectivity index (χ4n) is 2.33. The van der Waals surface area contributed by atoms with Gasteiger partial charge in [-0.05, 0) is 30.9 Å². The first kappa shape index (κ1) is 17.6. The van der Waals surface area contributed by atoms with Gasteiger partial charge < -0.3 is 11.1 Å². The van der Waals surface area contributed by atoms with Crippen molar-refractivity contribution in [2.75, 3.05) is 11.9 Å². The number of hydrogen-bond donors (Lipinski definition) is 2. The maximum Gasteiger partial charge on any atom is 0.226 e. The second-order valence-corrected chi connectivity index (χ2v) is 6.91. The highest BCUT2D eigenvalue weighted by atomic mass is 32.1. The molecule has 23 heavy (non-hydrogen) atoms. The van der Waals surface area contributed by atoms with Gasteiger partial charge in [0.25, 0.3) is 0 Å². The minimum atomic E-state index is -0.0209. The van der Waals surface area contributed by atoms with Gasteiger partial charge in [-0.1, -0.05) is 45.0 Å². The number of nitrogens with one attached hydrogen (secondary N) is 1. The molecular formula is C18H25N3OS. The molecule has 0 aliphatic rings. The molecule has 124 valence electrons. The van der Waals surface area contributed by atoms with Gasteiger partial charge in [0.2, 0.25) is 5.91 Å². The van der Waals surface area contributed by atoms with Crippen molar-refractivity contribution < 1.29 is 4.79 Å². The first-order valence-electron chi connectivity index (χ1n) is 8.15. The van der Waals surface area contributed by atoms with Crippen molar-refractivity contribution in [2.24, 2.45) is 5.73 Å². The van der Waals surface area contributed by atoms with Crippen LogP contribution in [0.3, 0.4) is 0 Å². The standard InChI is InChI=1S/C18H25N3OS/c1-4-13-7-9-14(10-8-13)16-17(12(2)3)23-18(21-16)20-15(22)6-5-11-19/h7-10,12H,4-6,11,19H2,1-3H3,(H,20,21,22). The molecule has 0 unspecified atom stereocenters. The summed E-state index contributed by atoms with van der Waals surface area (Å²) in [5.41, 5.74) is 8.83. The van der Waals surface area contributed by atoms with Crippen molar-refractivity contribution >= 4 is 22.4 Å². The van der Waals surface area contributed by atoms with Crippen molar-refractivity contribution in [3.8, 4) is 11.3 Å². The number of rotatable bonds is 7. The van der Waals surface area contributed by atoms with Crippen LogP contribution in [0.5, 0.6) is 0 Å². The van der Waals surface area contributed by atoms with Gasteiger partial charge in [-0.3, -0.25) is 4.79 Å². The molecule has 0 atom stereocenters. The average Bonchev–Trinajstić information content (AvgIpc) is 2.97. The highest BCUT2D eigenvalue weighted by molar-refractivity contribution is 7.16. The Morgan fingerprint density at radius 3 is 2.57 bits per heavy atom. The quantitative estimate of drug-likeness (QED) is 0.800. The number of benzene rings is 1. The molecule has 0 saturated carbocycles. The maximum atomic E-state index is 11.9. The summed E-state index contributed by atoms with van der Waals surface area (Å²) in [5.74, 6) is 0.343. The van der Waals surface area contributed by atoms with E-state index in [1.165, 1.54) is 10.4 Å². The van der Waals surface area contributed by atoms with Gasteiger partial charge >= 0.3 is 0 Å². The van der Waals surface area contributed by atoms with Crippen LogP contribution >= 0.6 is 11.3 Å². The number of aryl methyl sites for hydroxylation is 1. The van der Waals surface area contributed by atoms with E-state index in [1.807, 2.05) is 0 Å². The van der Waals surface area contributed by atoms with Crippen molar-refractivity contribution in [3.05, 3.63) is 34.7 Å². The van der Waals surface area contributed by atoms with Crippen LogP contribution in [0.4, 0.5) is 5.13 Å². The Hall–Kier alpha value is -1.72. The normalized spacial score (nSPS) is 11.0. The molecule has 3 N–H and O–H groups in total. The summed E-state index contributed by atoms with van der Waals surface area (Å²) in [6.07, 6.45) is 2.16.